The van der Waals surface area contributed by atoms with E-state index in [2.05, 4.69) is 25.2 Å². The van der Waals surface area contributed by atoms with E-state index >= 15 is 0 Å². The molecule has 1 heterocycles. The molecular formula is C14H12Cl2Si. The van der Waals surface area contributed by atoms with E-state index < -0.39 is 8.07 Å². The topological polar surface area (TPSA) is 0 Å². The van der Waals surface area contributed by atoms with Gasteiger partial charge in [-0.15, -0.1) is 0 Å². The number of halogens is 2. The highest BCUT2D eigenvalue weighted by Gasteiger charge is 2.39. The largest absolute Gasteiger partial charge is 0.115 e. The SMILES string of the molecule is C[Si]1(C)c2cccc(Cl)c2-c2cccc(Cl)c21. The van der Waals surface area contributed by atoms with E-state index in [4.69, 9.17) is 23.2 Å². The summed E-state index contributed by atoms with van der Waals surface area (Å²) in [4.78, 5) is 0. The van der Waals surface area contributed by atoms with E-state index in [0.717, 1.165) is 10.0 Å². The van der Waals surface area contributed by atoms with E-state index in [1.807, 2.05) is 24.3 Å². The fourth-order valence-electron chi connectivity index (χ4n) is 2.82. The molecule has 0 aromatic heterocycles. The van der Waals surface area contributed by atoms with Crippen LogP contribution in [0.25, 0.3) is 11.1 Å². The molecule has 17 heavy (non-hydrogen) atoms. The molecule has 0 saturated carbocycles. The summed E-state index contributed by atoms with van der Waals surface area (Å²) < 4.78 is 0. The third-order valence-corrected chi connectivity index (χ3v) is 7.94. The van der Waals surface area contributed by atoms with Crippen LogP contribution >= 0.6 is 23.2 Å². The summed E-state index contributed by atoms with van der Waals surface area (Å²) >= 11 is 12.7. The van der Waals surface area contributed by atoms with Gasteiger partial charge in [-0.2, -0.15) is 0 Å². The van der Waals surface area contributed by atoms with Gasteiger partial charge in [0.15, 0.2) is 0 Å². The summed E-state index contributed by atoms with van der Waals surface area (Å²) in [6.07, 6.45) is 0. The molecule has 2 aromatic carbocycles. The Morgan fingerprint density at radius 1 is 0.882 bits per heavy atom. The molecule has 3 rings (SSSR count). The van der Waals surface area contributed by atoms with E-state index in [9.17, 15) is 0 Å². The molecule has 2 aromatic rings. The van der Waals surface area contributed by atoms with Crippen molar-refractivity contribution in [1.29, 1.82) is 0 Å². The lowest BCUT2D eigenvalue weighted by atomic mass is 10.1. The Balaban J connectivity index is 2.48. The molecule has 0 aliphatic carbocycles. The van der Waals surface area contributed by atoms with Crippen molar-refractivity contribution in [2.45, 2.75) is 13.1 Å². The molecule has 0 N–H and O–H groups in total. The van der Waals surface area contributed by atoms with Crippen molar-refractivity contribution in [2.75, 3.05) is 0 Å². The van der Waals surface area contributed by atoms with Crippen molar-refractivity contribution in [1.82, 2.24) is 0 Å². The van der Waals surface area contributed by atoms with Crippen LogP contribution in [0.4, 0.5) is 0 Å². The van der Waals surface area contributed by atoms with Gasteiger partial charge in [-0.1, -0.05) is 60.6 Å². The Hall–Kier alpha value is -0.763. The molecule has 3 heteroatoms. The third kappa shape index (κ3) is 1.43. The average Bonchev–Trinajstić information content (AvgIpc) is 2.50. The smallest absolute Gasteiger partial charge is 0.0844 e. The minimum atomic E-state index is -1.67. The third-order valence-electron chi connectivity index (χ3n) is 3.59. The molecule has 86 valence electrons. The second kappa shape index (κ2) is 3.61. The number of hydrogen-bond acceptors (Lipinski definition) is 0. The van der Waals surface area contributed by atoms with Crippen molar-refractivity contribution < 1.29 is 0 Å². The van der Waals surface area contributed by atoms with Crippen molar-refractivity contribution in [3.63, 3.8) is 0 Å². The summed E-state index contributed by atoms with van der Waals surface area (Å²) in [7, 11) is -1.67. The van der Waals surface area contributed by atoms with Crippen LogP contribution in [0.3, 0.4) is 0 Å². The summed E-state index contributed by atoms with van der Waals surface area (Å²) in [6.45, 7) is 4.67. The molecule has 0 atom stereocenters. The molecule has 0 fully saturated rings. The van der Waals surface area contributed by atoms with Crippen molar-refractivity contribution >= 4 is 41.6 Å². The Morgan fingerprint density at radius 3 is 2.29 bits per heavy atom. The molecule has 0 amide bonds. The number of hydrogen-bond donors (Lipinski definition) is 0. The normalized spacial score (nSPS) is 15.5. The van der Waals surface area contributed by atoms with Gasteiger partial charge in [-0.25, -0.2) is 0 Å². The monoisotopic (exact) mass is 278 g/mol. The zero-order valence-electron chi connectivity index (χ0n) is 9.72. The lowest BCUT2D eigenvalue weighted by molar-refractivity contribution is 1.70. The zero-order chi connectivity index (χ0) is 12.2. The number of fused-ring (bicyclic) bond motifs is 3. The van der Waals surface area contributed by atoms with Crippen LogP contribution in [-0.4, -0.2) is 8.07 Å². The first-order valence-electron chi connectivity index (χ1n) is 5.62. The Morgan fingerprint density at radius 2 is 1.53 bits per heavy atom. The second-order valence-corrected chi connectivity index (χ2v) is 10.1. The highest BCUT2D eigenvalue weighted by atomic mass is 35.5. The van der Waals surface area contributed by atoms with Gasteiger partial charge in [-0.3, -0.25) is 0 Å². The van der Waals surface area contributed by atoms with Crippen LogP contribution < -0.4 is 10.4 Å². The Labute approximate surface area is 112 Å². The van der Waals surface area contributed by atoms with Crippen LogP contribution in [-0.2, 0) is 0 Å². The van der Waals surface area contributed by atoms with Crippen LogP contribution in [0.1, 0.15) is 0 Å². The van der Waals surface area contributed by atoms with Crippen molar-refractivity contribution in [2.24, 2.45) is 0 Å². The van der Waals surface area contributed by atoms with Gasteiger partial charge >= 0.3 is 0 Å². The number of rotatable bonds is 0. The fourth-order valence-corrected chi connectivity index (χ4v) is 7.30. The van der Waals surface area contributed by atoms with E-state index in [0.29, 0.717) is 0 Å². The second-order valence-electron chi connectivity index (χ2n) is 4.95. The van der Waals surface area contributed by atoms with Gasteiger partial charge in [0.1, 0.15) is 8.07 Å². The minimum absolute atomic E-state index is 0.837. The van der Waals surface area contributed by atoms with E-state index in [1.54, 1.807) is 0 Å². The first kappa shape index (κ1) is 11.3. The molecule has 0 radical (unpaired) electrons. The Bertz CT molecular complexity index is 618. The van der Waals surface area contributed by atoms with Crippen LogP contribution in [0, 0.1) is 0 Å². The maximum Gasteiger partial charge on any atom is 0.115 e. The van der Waals surface area contributed by atoms with Gasteiger partial charge in [0, 0.05) is 10.0 Å². The van der Waals surface area contributed by atoms with Crippen LogP contribution in [0.5, 0.6) is 0 Å². The highest BCUT2D eigenvalue weighted by molar-refractivity contribution is 7.05. The predicted molar refractivity (Wildman–Crippen MR) is 78.6 cm³/mol. The maximum absolute atomic E-state index is 6.39. The van der Waals surface area contributed by atoms with Gasteiger partial charge in [0.05, 0.1) is 0 Å². The lowest BCUT2D eigenvalue weighted by Gasteiger charge is -2.19. The van der Waals surface area contributed by atoms with Gasteiger partial charge in [0.2, 0.25) is 0 Å². The maximum atomic E-state index is 6.39. The summed E-state index contributed by atoms with van der Waals surface area (Å²) in [5.74, 6) is 0. The molecule has 1 aliphatic heterocycles. The van der Waals surface area contributed by atoms with Crippen LogP contribution in [0.15, 0.2) is 36.4 Å². The molecule has 0 spiro atoms. The quantitative estimate of drug-likeness (QED) is 0.643. The standard InChI is InChI=1S/C14H12Cl2Si/c1-17(2)12-8-4-6-10(15)13(12)9-5-3-7-11(16)14(9)17/h3-8H,1-2H3. The zero-order valence-corrected chi connectivity index (χ0v) is 12.2. The summed E-state index contributed by atoms with van der Waals surface area (Å²) in [5.41, 5.74) is 2.43. The lowest BCUT2D eigenvalue weighted by Crippen LogP contribution is -2.49. The molecule has 0 saturated heterocycles. The highest BCUT2D eigenvalue weighted by Crippen LogP contribution is 2.35. The van der Waals surface area contributed by atoms with Crippen LogP contribution in [0.2, 0.25) is 23.1 Å². The fraction of sp³-hybridized carbons (Fsp3) is 0.143. The number of benzene rings is 2. The molecular weight excluding hydrogens is 267 g/mol. The molecule has 1 aliphatic rings. The summed E-state index contributed by atoms with van der Waals surface area (Å²) in [5, 5.41) is 4.44. The minimum Gasteiger partial charge on any atom is -0.0844 e. The van der Waals surface area contributed by atoms with E-state index in [-0.39, 0.29) is 0 Å². The Kier molecular flexibility index (Phi) is 2.41. The van der Waals surface area contributed by atoms with E-state index in [1.165, 1.54) is 21.5 Å². The molecule has 0 unspecified atom stereocenters. The first-order valence-corrected chi connectivity index (χ1v) is 9.37. The van der Waals surface area contributed by atoms with Gasteiger partial charge in [0.25, 0.3) is 0 Å². The van der Waals surface area contributed by atoms with Crippen molar-refractivity contribution in [3.05, 3.63) is 46.4 Å². The summed E-state index contributed by atoms with van der Waals surface area (Å²) in [6, 6.07) is 12.3. The average molecular weight is 279 g/mol. The van der Waals surface area contributed by atoms with Gasteiger partial charge in [-0.05, 0) is 33.6 Å². The first-order chi connectivity index (χ1) is 8.03. The predicted octanol–water partition coefficient (Wildman–Crippen LogP) is 3.80. The molecule has 0 bridgehead atoms. The van der Waals surface area contributed by atoms with Gasteiger partial charge < -0.3 is 0 Å². The molecule has 0 nitrogen and oxygen atoms in total. The van der Waals surface area contributed by atoms with Crippen molar-refractivity contribution in [3.8, 4) is 11.1 Å².